The van der Waals surface area contributed by atoms with Gasteiger partial charge in [0.05, 0.1) is 30.6 Å². The second-order valence-electron chi connectivity index (χ2n) is 8.74. The summed E-state index contributed by atoms with van der Waals surface area (Å²) < 4.78 is 38.3. The first-order valence-electron chi connectivity index (χ1n) is 11.4. The number of guanidine groups is 1. The quantitative estimate of drug-likeness (QED) is 0.0838. The van der Waals surface area contributed by atoms with Crippen LogP contribution in [0.1, 0.15) is 32.3 Å². The molecule has 0 radical (unpaired) electrons. The third kappa shape index (κ3) is 10.7. The lowest BCUT2D eigenvalue weighted by atomic mass is 9.94. The van der Waals surface area contributed by atoms with Crippen LogP contribution in [0.25, 0.3) is 5.70 Å². The SMILES string of the molecule is C=C(\N=C(C(/C=C/[C@H](O)C[C@@H](O)CC(=O)NNC(=N)N)=C(\N)c1ccc(F)cc1)\C(C)C)N(C)S(C)(=O)=O. The Hall–Kier alpha value is -3.75. The van der Waals surface area contributed by atoms with E-state index in [1.54, 1.807) is 13.8 Å². The number of aliphatic hydroxyl groups excluding tert-OH is 2. The number of rotatable bonds is 12. The van der Waals surface area contributed by atoms with Gasteiger partial charge in [-0.3, -0.25) is 25.4 Å². The first kappa shape index (κ1) is 32.3. The van der Waals surface area contributed by atoms with E-state index in [0.717, 1.165) is 10.6 Å². The fraction of sp³-hybridized carbons (Fsp3) is 0.375. The van der Waals surface area contributed by atoms with Gasteiger partial charge in [-0.15, -0.1) is 0 Å². The summed E-state index contributed by atoms with van der Waals surface area (Å²) in [5, 5.41) is 27.6. The number of hydrogen-bond donors (Lipinski definition) is 7. The van der Waals surface area contributed by atoms with E-state index in [1.807, 2.05) is 0 Å². The van der Waals surface area contributed by atoms with Crippen LogP contribution in [-0.4, -0.2) is 66.0 Å². The van der Waals surface area contributed by atoms with E-state index in [1.165, 1.54) is 43.5 Å². The number of nitrogens with zero attached hydrogens (tertiary/aromatic N) is 2. The van der Waals surface area contributed by atoms with Crippen LogP contribution in [0.3, 0.4) is 0 Å². The van der Waals surface area contributed by atoms with Crippen LogP contribution in [0.2, 0.25) is 0 Å². The summed E-state index contributed by atoms with van der Waals surface area (Å²) in [6.07, 6.45) is 0.760. The minimum atomic E-state index is -3.64. The number of nitrogens with one attached hydrogen (secondary N) is 3. The summed E-state index contributed by atoms with van der Waals surface area (Å²) in [5.74, 6) is -1.96. The van der Waals surface area contributed by atoms with Gasteiger partial charge in [0.2, 0.25) is 21.9 Å². The molecule has 1 aromatic carbocycles. The Bertz CT molecular complexity index is 1210. The lowest BCUT2D eigenvalue weighted by Crippen LogP contribution is -2.45. The van der Waals surface area contributed by atoms with Gasteiger partial charge in [0, 0.05) is 24.7 Å². The molecule has 0 aromatic heterocycles. The number of benzene rings is 1. The number of aliphatic imine (C=N–C) groups is 1. The monoisotopic (exact) mass is 553 g/mol. The minimum Gasteiger partial charge on any atom is -0.398 e. The first-order valence-corrected chi connectivity index (χ1v) is 13.3. The van der Waals surface area contributed by atoms with Crippen LogP contribution >= 0.6 is 0 Å². The maximum atomic E-state index is 13.5. The van der Waals surface area contributed by atoms with Gasteiger partial charge < -0.3 is 21.7 Å². The summed E-state index contributed by atoms with van der Waals surface area (Å²) in [7, 11) is -2.34. The maximum absolute atomic E-state index is 13.5. The smallest absolute Gasteiger partial charge is 0.240 e. The number of amides is 1. The predicted octanol–water partition coefficient (Wildman–Crippen LogP) is 0.528. The number of halogens is 1. The molecule has 0 saturated heterocycles. The van der Waals surface area contributed by atoms with Gasteiger partial charge in [0.1, 0.15) is 11.6 Å². The van der Waals surface area contributed by atoms with Crippen molar-refractivity contribution in [2.75, 3.05) is 13.3 Å². The standard InChI is InChI=1S/C24H36FN7O5S/c1-14(2)23(29-15(3)32(4)38(5,36)37)20(22(26)16-6-8-17(25)9-7-16)11-10-18(33)12-19(34)13-21(35)30-31-24(27)28/h6-11,14,18-19,33-34H,3,12-13,26H2,1-2,4-5H3,(H,30,35)(H4,27,28,31)/b11-10+,22-20-,29-23-/t18-,19+/m0/s1. The molecule has 12 nitrogen and oxygen atoms in total. The molecular formula is C24H36FN7O5S. The molecule has 0 aliphatic heterocycles. The molecule has 0 aliphatic rings. The minimum absolute atomic E-state index is 0.0739. The van der Waals surface area contributed by atoms with E-state index in [4.69, 9.17) is 16.9 Å². The van der Waals surface area contributed by atoms with Crippen LogP contribution in [0.4, 0.5) is 4.39 Å². The third-order valence-corrected chi connectivity index (χ3v) is 6.34. The van der Waals surface area contributed by atoms with Crippen molar-refractivity contribution in [2.24, 2.45) is 22.4 Å². The fourth-order valence-corrected chi connectivity index (χ4v) is 3.47. The molecule has 1 amide bonds. The van der Waals surface area contributed by atoms with E-state index in [0.29, 0.717) is 16.8 Å². The number of carbonyl (C=O) groups excluding carboxylic acids is 1. The molecule has 210 valence electrons. The van der Waals surface area contributed by atoms with E-state index in [2.05, 4.69) is 22.4 Å². The van der Waals surface area contributed by atoms with Crippen molar-refractivity contribution in [2.45, 2.75) is 38.9 Å². The lowest BCUT2D eigenvalue weighted by molar-refractivity contribution is -0.123. The van der Waals surface area contributed by atoms with Gasteiger partial charge in [0.15, 0.2) is 0 Å². The van der Waals surface area contributed by atoms with Crippen molar-refractivity contribution in [1.82, 2.24) is 15.2 Å². The molecule has 38 heavy (non-hydrogen) atoms. The van der Waals surface area contributed by atoms with E-state index in [-0.39, 0.29) is 30.3 Å². The van der Waals surface area contributed by atoms with Crippen molar-refractivity contribution in [3.05, 3.63) is 65.8 Å². The Morgan fingerprint density at radius 1 is 1.24 bits per heavy atom. The second-order valence-corrected chi connectivity index (χ2v) is 10.8. The van der Waals surface area contributed by atoms with Gasteiger partial charge in [-0.1, -0.05) is 32.6 Å². The maximum Gasteiger partial charge on any atom is 0.240 e. The molecule has 14 heteroatoms. The van der Waals surface area contributed by atoms with Gasteiger partial charge in [0.25, 0.3) is 0 Å². The summed E-state index contributed by atoms with van der Waals surface area (Å²) >= 11 is 0. The Kier molecular flexibility index (Phi) is 12.1. The van der Waals surface area contributed by atoms with E-state index < -0.39 is 39.9 Å². The molecular weight excluding hydrogens is 517 g/mol. The van der Waals surface area contributed by atoms with Crippen LogP contribution < -0.4 is 22.3 Å². The molecule has 0 unspecified atom stereocenters. The molecule has 2 atom stereocenters. The highest BCUT2D eigenvalue weighted by Gasteiger charge is 2.20. The van der Waals surface area contributed by atoms with E-state index >= 15 is 0 Å². The summed E-state index contributed by atoms with van der Waals surface area (Å²) in [6, 6.07) is 5.37. The second kappa shape index (κ2) is 14.3. The Balaban J connectivity index is 3.37. The topological polar surface area (TPSA) is 207 Å². The molecule has 9 N–H and O–H groups in total. The number of hydrazine groups is 1. The lowest BCUT2D eigenvalue weighted by Gasteiger charge is -2.20. The average molecular weight is 554 g/mol. The summed E-state index contributed by atoms with van der Waals surface area (Å²) in [5.41, 5.74) is 17.0. The van der Waals surface area contributed by atoms with Crippen molar-refractivity contribution >= 4 is 33.3 Å². The Labute approximate surface area is 222 Å². The summed E-state index contributed by atoms with van der Waals surface area (Å²) in [4.78, 5) is 16.2. The predicted molar refractivity (Wildman–Crippen MR) is 145 cm³/mol. The molecule has 0 bridgehead atoms. The molecule has 1 rings (SSSR count). The highest BCUT2D eigenvalue weighted by Crippen LogP contribution is 2.23. The largest absolute Gasteiger partial charge is 0.398 e. The normalized spacial score (nSPS) is 14.6. The first-order chi connectivity index (χ1) is 17.5. The zero-order chi connectivity index (χ0) is 29.2. The van der Waals surface area contributed by atoms with Crippen LogP contribution in [-0.2, 0) is 14.8 Å². The molecule has 0 saturated carbocycles. The molecule has 0 heterocycles. The van der Waals surface area contributed by atoms with Gasteiger partial charge in [-0.2, -0.15) is 0 Å². The highest BCUT2D eigenvalue weighted by molar-refractivity contribution is 7.88. The van der Waals surface area contributed by atoms with Crippen LogP contribution in [0, 0.1) is 17.1 Å². The zero-order valence-electron chi connectivity index (χ0n) is 21.8. The van der Waals surface area contributed by atoms with Crippen LogP contribution in [0.15, 0.2) is 59.4 Å². The number of aliphatic hydroxyl groups is 2. The highest BCUT2D eigenvalue weighted by atomic mass is 32.2. The Morgan fingerprint density at radius 3 is 2.32 bits per heavy atom. The van der Waals surface area contributed by atoms with Crippen LogP contribution in [0.5, 0.6) is 0 Å². The van der Waals surface area contributed by atoms with Gasteiger partial charge >= 0.3 is 0 Å². The number of sulfonamides is 1. The van der Waals surface area contributed by atoms with Gasteiger partial charge in [-0.25, -0.2) is 17.8 Å². The van der Waals surface area contributed by atoms with Crippen molar-refractivity contribution in [1.29, 1.82) is 5.41 Å². The number of nitrogens with two attached hydrogens (primary N) is 2. The molecule has 0 fully saturated rings. The molecule has 0 aliphatic carbocycles. The number of carbonyl (C=O) groups is 1. The number of hydrogen-bond acceptors (Lipinski definition) is 8. The average Bonchev–Trinajstić information content (AvgIpc) is 2.80. The number of allylic oxidation sites excluding steroid dienone is 2. The Morgan fingerprint density at radius 2 is 1.82 bits per heavy atom. The molecule has 0 spiro atoms. The van der Waals surface area contributed by atoms with Crippen molar-refractivity contribution in [3.8, 4) is 0 Å². The molecule has 1 aromatic rings. The summed E-state index contributed by atoms with van der Waals surface area (Å²) in [6.45, 7) is 7.33. The third-order valence-electron chi connectivity index (χ3n) is 5.13. The van der Waals surface area contributed by atoms with E-state index in [9.17, 15) is 27.8 Å². The fourth-order valence-electron chi connectivity index (χ4n) is 3.05. The van der Waals surface area contributed by atoms with Gasteiger partial charge in [-0.05, 0) is 35.7 Å². The van der Waals surface area contributed by atoms with Crippen molar-refractivity contribution < 1.29 is 27.8 Å². The van der Waals surface area contributed by atoms with Crippen molar-refractivity contribution in [3.63, 3.8) is 0 Å². The zero-order valence-corrected chi connectivity index (χ0v) is 22.6.